The molecule has 0 bridgehead atoms. The van der Waals surface area contributed by atoms with Crippen molar-refractivity contribution >= 4 is 5.97 Å². The molecule has 3 aromatic carbocycles. The number of carbonyl (C=O) groups excluding carboxylic acids is 1. The first-order valence-corrected chi connectivity index (χ1v) is 9.12. The van der Waals surface area contributed by atoms with Crippen molar-refractivity contribution in [3.63, 3.8) is 0 Å². The molecule has 0 aliphatic carbocycles. The number of ether oxygens (including phenoxy) is 4. The molecule has 1 aliphatic heterocycles. The lowest BCUT2D eigenvalue weighted by molar-refractivity contribution is -0.134. The van der Waals surface area contributed by atoms with Crippen LogP contribution >= 0.6 is 0 Å². The molecular weight excluding hydrogens is 356 g/mol. The number of rotatable bonds is 7. The third-order valence-corrected chi connectivity index (χ3v) is 4.36. The maximum atomic E-state index is 12.1. The number of esters is 1. The van der Waals surface area contributed by atoms with Gasteiger partial charge in [0, 0.05) is 6.42 Å². The third kappa shape index (κ3) is 4.62. The van der Waals surface area contributed by atoms with Crippen LogP contribution in [-0.2, 0) is 17.8 Å². The summed E-state index contributed by atoms with van der Waals surface area (Å²) in [4.78, 5) is 12.1. The summed E-state index contributed by atoms with van der Waals surface area (Å²) in [6.45, 7) is 0.737. The zero-order valence-corrected chi connectivity index (χ0v) is 15.3. The van der Waals surface area contributed by atoms with Crippen LogP contribution in [0.1, 0.15) is 17.5 Å². The third-order valence-electron chi connectivity index (χ3n) is 4.36. The maximum Gasteiger partial charge on any atom is 0.311 e. The standard InChI is InChI=1S/C23H20O5/c24-23(13-7-17-6-12-21-22(14-17)27-16-26-21)28-20-10-8-19(9-11-20)25-15-18-4-2-1-3-5-18/h1-6,8-12,14H,7,13,15-16H2. The Labute approximate surface area is 163 Å². The summed E-state index contributed by atoms with van der Waals surface area (Å²) in [5.74, 6) is 2.40. The van der Waals surface area contributed by atoms with Crippen molar-refractivity contribution in [1.29, 1.82) is 0 Å². The molecule has 5 heteroatoms. The smallest absolute Gasteiger partial charge is 0.311 e. The van der Waals surface area contributed by atoms with E-state index in [2.05, 4.69) is 0 Å². The Kier molecular flexibility index (Phi) is 5.43. The Morgan fingerprint density at radius 2 is 1.57 bits per heavy atom. The summed E-state index contributed by atoms with van der Waals surface area (Å²) in [7, 11) is 0. The van der Waals surface area contributed by atoms with Crippen molar-refractivity contribution < 1.29 is 23.7 Å². The highest BCUT2D eigenvalue weighted by Crippen LogP contribution is 2.32. The first-order valence-electron chi connectivity index (χ1n) is 9.12. The lowest BCUT2D eigenvalue weighted by atomic mass is 10.1. The van der Waals surface area contributed by atoms with Gasteiger partial charge < -0.3 is 18.9 Å². The highest BCUT2D eigenvalue weighted by atomic mass is 16.7. The Bertz CT molecular complexity index is 935. The molecule has 0 unspecified atom stereocenters. The highest BCUT2D eigenvalue weighted by Gasteiger charge is 2.14. The predicted molar refractivity (Wildman–Crippen MR) is 104 cm³/mol. The van der Waals surface area contributed by atoms with Gasteiger partial charge in [0.1, 0.15) is 18.1 Å². The van der Waals surface area contributed by atoms with Gasteiger partial charge in [-0.05, 0) is 53.9 Å². The quantitative estimate of drug-likeness (QED) is 0.448. The van der Waals surface area contributed by atoms with Crippen LogP contribution in [-0.4, -0.2) is 12.8 Å². The monoisotopic (exact) mass is 376 g/mol. The molecule has 0 spiro atoms. The molecule has 3 aromatic rings. The van der Waals surface area contributed by atoms with Gasteiger partial charge in [-0.1, -0.05) is 36.4 Å². The predicted octanol–water partition coefficient (Wildman–Crippen LogP) is 4.53. The highest BCUT2D eigenvalue weighted by molar-refractivity contribution is 5.72. The molecule has 142 valence electrons. The molecule has 1 aliphatic rings. The van der Waals surface area contributed by atoms with E-state index in [-0.39, 0.29) is 19.2 Å². The van der Waals surface area contributed by atoms with Crippen molar-refractivity contribution in [1.82, 2.24) is 0 Å². The van der Waals surface area contributed by atoms with Crippen molar-refractivity contribution in [2.45, 2.75) is 19.4 Å². The minimum Gasteiger partial charge on any atom is -0.489 e. The topological polar surface area (TPSA) is 54.0 Å². The number of benzene rings is 3. The first-order chi connectivity index (χ1) is 13.8. The van der Waals surface area contributed by atoms with Crippen LogP contribution in [0.5, 0.6) is 23.0 Å². The second kappa shape index (κ2) is 8.48. The van der Waals surface area contributed by atoms with Gasteiger partial charge in [0.15, 0.2) is 11.5 Å². The first kappa shape index (κ1) is 17.9. The van der Waals surface area contributed by atoms with Crippen molar-refractivity contribution in [3.05, 3.63) is 83.9 Å². The van der Waals surface area contributed by atoms with E-state index >= 15 is 0 Å². The molecule has 1 heterocycles. The summed E-state index contributed by atoms with van der Waals surface area (Å²) < 4.78 is 21.8. The zero-order valence-electron chi connectivity index (χ0n) is 15.3. The minimum absolute atomic E-state index is 0.242. The summed E-state index contributed by atoms with van der Waals surface area (Å²) >= 11 is 0. The van der Waals surface area contributed by atoms with Crippen molar-refractivity contribution in [2.24, 2.45) is 0 Å². The zero-order chi connectivity index (χ0) is 19.2. The molecule has 0 radical (unpaired) electrons. The Hall–Kier alpha value is -3.47. The number of carbonyl (C=O) groups is 1. The van der Waals surface area contributed by atoms with E-state index in [0.29, 0.717) is 18.8 Å². The molecule has 5 nitrogen and oxygen atoms in total. The molecule has 0 saturated carbocycles. The molecule has 0 amide bonds. The lowest BCUT2D eigenvalue weighted by Crippen LogP contribution is -2.09. The average molecular weight is 376 g/mol. The van der Waals surface area contributed by atoms with Crippen LogP contribution in [0.15, 0.2) is 72.8 Å². The molecule has 28 heavy (non-hydrogen) atoms. The minimum atomic E-state index is -0.282. The fourth-order valence-corrected chi connectivity index (χ4v) is 2.87. The lowest BCUT2D eigenvalue weighted by Gasteiger charge is -2.08. The second-order valence-corrected chi connectivity index (χ2v) is 6.41. The number of aryl methyl sites for hydroxylation is 1. The fraction of sp³-hybridized carbons (Fsp3) is 0.174. The molecule has 0 N–H and O–H groups in total. The number of fused-ring (bicyclic) bond motifs is 1. The fourth-order valence-electron chi connectivity index (χ4n) is 2.87. The van der Waals surface area contributed by atoms with Gasteiger partial charge in [-0.2, -0.15) is 0 Å². The van der Waals surface area contributed by atoms with Crippen molar-refractivity contribution in [3.8, 4) is 23.0 Å². The van der Waals surface area contributed by atoms with E-state index in [1.807, 2.05) is 48.5 Å². The van der Waals surface area contributed by atoms with E-state index < -0.39 is 0 Å². The van der Waals surface area contributed by atoms with Gasteiger partial charge in [-0.15, -0.1) is 0 Å². The van der Waals surface area contributed by atoms with Crippen molar-refractivity contribution in [2.75, 3.05) is 6.79 Å². The Morgan fingerprint density at radius 1 is 0.821 bits per heavy atom. The van der Waals surface area contributed by atoms with E-state index in [1.165, 1.54) is 0 Å². The van der Waals surface area contributed by atoms with Gasteiger partial charge in [0.2, 0.25) is 6.79 Å². The molecular formula is C23H20O5. The summed E-state index contributed by atoms with van der Waals surface area (Å²) in [6.07, 6.45) is 0.861. The van der Waals surface area contributed by atoms with Gasteiger partial charge in [-0.3, -0.25) is 4.79 Å². The second-order valence-electron chi connectivity index (χ2n) is 6.41. The maximum absolute atomic E-state index is 12.1. The number of hydrogen-bond acceptors (Lipinski definition) is 5. The average Bonchev–Trinajstić information content (AvgIpc) is 3.20. The molecule has 0 saturated heterocycles. The normalized spacial score (nSPS) is 11.9. The van der Waals surface area contributed by atoms with E-state index in [4.69, 9.17) is 18.9 Å². The summed E-state index contributed by atoms with van der Waals surface area (Å²) in [6, 6.07) is 22.7. The molecule has 0 fully saturated rings. The van der Waals surface area contributed by atoms with E-state index in [1.54, 1.807) is 24.3 Å². The largest absolute Gasteiger partial charge is 0.489 e. The molecule has 0 aromatic heterocycles. The van der Waals surface area contributed by atoms with Crippen LogP contribution in [0, 0.1) is 0 Å². The van der Waals surface area contributed by atoms with E-state index in [9.17, 15) is 4.79 Å². The van der Waals surface area contributed by atoms with Gasteiger partial charge in [0.25, 0.3) is 0 Å². The Morgan fingerprint density at radius 3 is 2.39 bits per heavy atom. The van der Waals surface area contributed by atoms with Crippen LogP contribution in [0.2, 0.25) is 0 Å². The molecule has 0 atom stereocenters. The van der Waals surface area contributed by atoms with Crippen LogP contribution in [0.25, 0.3) is 0 Å². The van der Waals surface area contributed by atoms with Crippen LogP contribution < -0.4 is 18.9 Å². The molecule has 4 rings (SSSR count). The van der Waals surface area contributed by atoms with Gasteiger partial charge in [-0.25, -0.2) is 0 Å². The number of hydrogen-bond donors (Lipinski definition) is 0. The Balaban J connectivity index is 1.25. The summed E-state index contributed by atoms with van der Waals surface area (Å²) in [5, 5.41) is 0. The van der Waals surface area contributed by atoms with Crippen LogP contribution in [0.4, 0.5) is 0 Å². The summed E-state index contributed by atoms with van der Waals surface area (Å²) in [5.41, 5.74) is 2.10. The van der Waals surface area contributed by atoms with Gasteiger partial charge in [0.05, 0.1) is 0 Å². The van der Waals surface area contributed by atoms with E-state index in [0.717, 1.165) is 28.4 Å². The van der Waals surface area contributed by atoms with Gasteiger partial charge >= 0.3 is 5.97 Å². The SMILES string of the molecule is O=C(CCc1ccc2c(c1)OCO2)Oc1ccc(OCc2ccccc2)cc1. The van der Waals surface area contributed by atoms with Crippen LogP contribution in [0.3, 0.4) is 0 Å².